The van der Waals surface area contributed by atoms with Crippen molar-refractivity contribution in [1.82, 2.24) is 20.4 Å². The highest BCUT2D eigenvalue weighted by atomic mass is 35.5. The molecule has 0 unspecified atom stereocenters. The summed E-state index contributed by atoms with van der Waals surface area (Å²) < 4.78 is 1.83. The van der Waals surface area contributed by atoms with Gasteiger partial charge in [-0.15, -0.1) is 0 Å². The first-order valence-electron chi connectivity index (χ1n) is 6.35. The number of nitrogens with zero attached hydrogens (tertiary/aromatic N) is 3. The van der Waals surface area contributed by atoms with Gasteiger partial charge in [0.15, 0.2) is 5.96 Å². The Bertz CT molecular complexity index is 591. The molecule has 0 spiro atoms. The van der Waals surface area contributed by atoms with Crippen LogP contribution < -0.4 is 10.6 Å². The minimum absolute atomic E-state index is 0.672. The van der Waals surface area contributed by atoms with Crippen LogP contribution in [0.15, 0.2) is 41.5 Å². The second-order valence-corrected chi connectivity index (χ2v) is 4.79. The van der Waals surface area contributed by atoms with Gasteiger partial charge in [-0.25, -0.2) is 0 Å². The van der Waals surface area contributed by atoms with Gasteiger partial charge in [-0.1, -0.05) is 23.7 Å². The highest BCUT2D eigenvalue weighted by molar-refractivity contribution is 6.30. The molecule has 0 aliphatic rings. The van der Waals surface area contributed by atoms with Crippen molar-refractivity contribution in [2.45, 2.75) is 13.1 Å². The van der Waals surface area contributed by atoms with Gasteiger partial charge in [-0.05, 0) is 23.8 Å². The van der Waals surface area contributed by atoms with E-state index in [1.165, 1.54) is 0 Å². The van der Waals surface area contributed by atoms with Gasteiger partial charge < -0.3 is 10.6 Å². The molecule has 0 radical (unpaired) electrons. The monoisotopic (exact) mass is 291 g/mol. The minimum atomic E-state index is 0.672. The third-order valence-corrected chi connectivity index (χ3v) is 3.17. The fraction of sp³-hybridized carbons (Fsp3) is 0.286. The Morgan fingerprint density at radius 1 is 1.30 bits per heavy atom. The summed E-state index contributed by atoms with van der Waals surface area (Å²) in [5.74, 6) is 0.742. The average Bonchev–Trinajstić information content (AvgIpc) is 2.85. The van der Waals surface area contributed by atoms with Gasteiger partial charge in [0.2, 0.25) is 0 Å². The summed E-state index contributed by atoms with van der Waals surface area (Å²) in [6.45, 7) is 1.34. The van der Waals surface area contributed by atoms with Gasteiger partial charge >= 0.3 is 0 Å². The number of aromatic nitrogens is 2. The maximum atomic E-state index is 5.96. The lowest BCUT2D eigenvalue weighted by atomic mass is 10.2. The highest BCUT2D eigenvalue weighted by Gasteiger charge is 2.01. The number of benzene rings is 1. The van der Waals surface area contributed by atoms with Crippen molar-refractivity contribution in [2.24, 2.45) is 12.0 Å². The van der Waals surface area contributed by atoms with Crippen molar-refractivity contribution in [1.29, 1.82) is 0 Å². The van der Waals surface area contributed by atoms with Crippen LogP contribution in [0.2, 0.25) is 5.02 Å². The molecular weight excluding hydrogens is 274 g/mol. The van der Waals surface area contributed by atoms with E-state index in [9.17, 15) is 0 Å². The molecule has 6 heteroatoms. The van der Waals surface area contributed by atoms with Gasteiger partial charge in [-0.2, -0.15) is 5.10 Å². The van der Waals surface area contributed by atoms with E-state index < -0.39 is 0 Å². The molecule has 0 saturated carbocycles. The van der Waals surface area contributed by atoms with E-state index in [1.54, 1.807) is 13.2 Å². The zero-order valence-corrected chi connectivity index (χ0v) is 12.4. The summed E-state index contributed by atoms with van der Waals surface area (Å²) in [6.07, 6.45) is 1.78. The number of guanidine groups is 1. The molecule has 1 heterocycles. The van der Waals surface area contributed by atoms with E-state index in [0.29, 0.717) is 13.1 Å². The Kier molecular flexibility index (Phi) is 5.01. The Balaban J connectivity index is 1.85. The molecule has 1 aromatic heterocycles. The topological polar surface area (TPSA) is 54.2 Å². The smallest absolute Gasteiger partial charge is 0.191 e. The molecule has 2 rings (SSSR count). The number of aliphatic imine (C=N–C) groups is 1. The number of nitrogens with one attached hydrogen (secondary N) is 2. The summed E-state index contributed by atoms with van der Waals surface area (Å²) in [4.78, 5) is 4.19. The van der Waals surface area contributed by atoms with Crippen LogP contribution in [0.1, 0.15) is 11.3 Å². The predicted molar refractivity (Wildman–Crippen MR) is 81.7 cm³/mol. The van der Waals surface area contributed by atoms with E-state index in [4.69, 9.17) is 11.6 Å². The highest BCUT2D eigenvalue weighted by Crippen LogP contribution is 2.10. The predicted octanol–water partition coefficient (Wildman–Crippen LogP) is 1.94. The Hall–Kier alpha value is -2.01. The van der Waals surface area contributed by atoms with Crippen molar-refractivity contribution < 1.29 is 0 Å². The minimum Gasteiger partial charge on any atom is -0.352 e. The Morgan fingerprint density at radius 2 is 2.10 bits per heavy atom. The molecule has 0 bridgehead atoms. The quantitative estimate of drug-likeness (QED) is 0.669. The third-order valence-electron chi connectivity index (χ3n) is 2.93. The molecular formula is C14H18ClN5. The maximum absolute atomic E-state index is 5.96. The van der Waals surface area contributed by atoms with E-state index >= 15 is 0 Å². The van der Waals surface area contributed by atoms with Crippen LogP contribution in [0.25, 0.3) is 0 Å². The van der Waals surface area contributed by atoms with Gasteiger partial charge in [-0.3, -0.25) is 9.67 Å². The molecule has 2 aromatic rings. The fourth-order valence-electron chi connectivity index (χ4n) is 1.80. The van der Waals surface area contributed by atoms with Gasteiger partial charge in [0.25, 0.3) is 0 Å². The molecule has 0 fully saturated rings. The third kappa shape index (κ3) is 3.99. The van der Waals surface area contributed by atoms with E-state index in [1.807, 2.05) is 42.1 Å². The molecule has 2 N–H and O–H groups in total. The van der Waals surface area contributed by atoms with Crippen LogP contribution in [-0.4, -0.2) is 22.8 Å². The van der Waals surface area contributed by atoms with Crippen molar-refractivity contribution in [2.75, 3.05) is 7.05 Å². The lowest BCUT2D eigenvalue weighted by Gasteiger charge is -2.12. The lowest BCUT2D eigenvalue weighted by Crippen LogP contribution is -2.36. The number of hydrogen-bond acceptors (Lipinski definition) is 2. The van der Waals surface area contributed by atoms with Crippen LogP contribution in [0.3, 0.4) is 0 Å². The number of aryl methyl sites for hydroxylation is 1. The van der Waals surface area contributed by atoms with Gasteiger partial charge in [0.1, 0.15) is 0 Å². The van der Waals surface area contributed by atoms with E-state index in [0.717, 1.165) is 22.2 Å². The first-order chi connectivity index (χ1) is 9.69. The zero-order chi connectivity index (χ0) is 14.4. The van der Waals surface area contributed by atoms with Crippen LogP contribution >= 0.6 is 11.6 Å². The Morgan fingerprint density at radius 3 is 2.75 bits per heavy atom. The molecule has 0 aliphatic carbocycles. The van der Waals surface area contributed by atoms with Gasteiger partial charge in [0.05, 0.1) is 12.2 Å². The maximum Gasteiger partial charge on any atom is 0.191 e. The van der Waals surface area contributed by atoms with E-state index in [-0.39, 0.29) is 0 Å². The van der Waals surface area contributed by atoms with Crippen molar-refractivity contribution in [3.63, 3.8) is 0 Å². The standard InChI is InChI=1S/C14H18ClN5/c1-16-14(18-10-13-6-7-19-20(13)2)17-9-11-4-3-5-12(15)8-11/h3-8H,9-10H2,1-2H3,(H2,16,17,18). The fourth-order valence-corrected chi connectivity index (χ4v) is 2.02. The summed E-state index contributed by atoms with van der Waals surface area (Å²) in [5, 5.41) is 11.4. The van der Waals surface area contributed by atoms with Crippen LogP contribution in [0.4, 0.5) is 0 Å². The zero-order valence-electron chi connectivity index (χ0n) is 11.6. The second kappa shape index (κ2) is 6.96. The summed E-state index contributed by atoms with van der Waals surface area (Å²) in [7, 11) is 3.66. The normalized spacial score (nSPS) is 11.4. The van der Waals surface area contributed by atoms with Crippen molar-refractivity contribution in [3.05, 3.63) is 52.8 Å². The van der Waals surface area contributed by atoms with Crippen molar-refractivity contribution >= 4 is 17.6 Å². The van der Waals surface area contributed by atoms with Crippen molar-refractivity contribution in [3.8, 4) is 0 Å². The van der Waals surface area contributed by atoms with Crippen LogP contribution in [-0.2, 0) is 20.1 Å². The summed E-state index contributed by atoms with van der Waals surface area (Å²) in [6, 6.07) is 9.72. The largest absolute Gasteiger partial charge is 0.352 e. The van der Waals surface area contributed by atoms with Crippen LogP contribution in [0, 0.1) is 0 Å². The average molecular weight is 292 g/mol. The Labute approximate surface area is 123 Å². The molecule has 0 saturated heterocycles. The molecule has 20 heavy (non-hydrogen) atoms. The lowest BCUT2D eigenvalue weighted by molar-refractivity contribution is 0.684. The first kappa shape index (κ1) is 14.4. The summed E-state index contributed by atoms with van der Waals surface area (Å²) in [5.41, 5.74) is 2.21. The number of hydrogen-bond donors (Lipinski definition) is 2. The first-order valence-corrected chi connectivity index (χ1v) is 6.72. The summed E-state index contributed by atoms with van der Waals surface area (Å²) >= 11 is 5.96. The number of rotatable bonds is 4. The van der Waals surface area contributed by atoms with Crippen LogP contribution in [0.5, 0.6) is 0 Å². The SMILES string of the molecule is CN=C(NCc1cccc(Cl)c1)NCc1ccnn1C. The molecule has 5 nitrogen and oxygen atoms in total. The molecule has 0 aliphatic heterocycles. The molecule has 0 atom stereocenters. The van der Waals surface area contributed by atoms with E-state index in [2.05, 4.69) is 20.7 Å². The number of halogens is 1. The second-order valence-electron chi connectivity index (χ2n) is 4.36. The van der Waals surface area contributed by atoms with Gasteiger partial charge in [0, 0.05) is 31.9 Å². The molecule has 0 amide bonds. The molecule has 106 valence electrons. The molecule has 1 aromatic carbocycles.